The number of carbonyl (C=O) groups excluding carboxylic acids is 1. The summed E-state index contributed by atoms with van der Waals surface area (Å²) in [6.45, 7) is 1.62. The summed E-state index contributed by atoms with van der Waals surface area (Å²) in [5.74, 6) is -0.910. The molecule has 0 radical (unpaired) electrons. The monoisotopic (exact) mass is 273 g/mol. The Labute approximate surface area is 94.0 Å². The number of Topliss-reactive ketones (excluding diaryl/α,β-unsaturated/α-hetero) is 1. The first-order valence-electron chi connectivity index (χ1n) is 4.17. The van der Waals surface area contributed by atoms with E-state index in [2.05, 4.69) is 15.9 Å². The molecule has 0 amide bonds. The molecule has 0 aliphatic heterocycles. The van der Waals surface area contributed by atoms with E-state index in [4.69, 9.17) is 0 Å². The average Bonchev–Trinajstić information content (AvgIpc) is 2.19. The van der Waals surface area contributed by atoms with Gasteiger partial charge in [0.05, 0.1) is 10.5 Å². The lowest BCUT2D eigenvalue weighted by molar-refractivity contribution is -0.386. The quantitative estimate of drug-likeness (QED) is 0.522. The Kier molecular flexibility index (Phi) is 3.41. The van der Waals surface area contributed by atoms with Crippen LogP contribution in [0, 0.1) is 10.1 Å². The number of phenolic OH excluding ortho intramolecular Hbond substituents is 1. The molecule has 15 heavy (non-hydrogen) atoms. The highest BCUT2D eigenvalue weighted by molar-refractivity contribution is 9.10. The number of aromatic hydroxyl groups is 1. The predicted octanol–water partition coefficient (Wildman–Crippen LogP) is 2.66. The number of hydrogen-bond donors (Lipinski definition) is 1. The summed E-state index contributed by atoms with van der Waals surface area (Å²) in [4.78, 5) is 21.2. The molecular weight excluding hydrogens is 266 g/mol. The number of rotatable bonds is 3. The number of halogens is 1. The highest BCUT2D eigenvalue weighted by atomic mass is 79.9. The van der Waals surface area contributed by atoms with Crippen molar-refractivity contribution >= 4 is 27.4 Å². The minimum absolute atomic E-state index is 0.0291. The SMILES string of the molecule is CCC(=O)c1cc(Br)cc([N+](=O)[O-])c1O. The summed E-state index contributed by atoms with van der Waals surface area (Å²) in [7, 11) is 0. The van der Waals surface area contributed by atoms with Crippen molar-refractivity contribution in [1.82, 2.24) is 0 Å². The lowest BCUT2D eigenvalue weighted by Gasteiger charge is -2.03. The largest absolute Gasteiger partial charge is 0.502 e. The normalized spacial score (nSPS) is 10.0. The molecule has 0 aliphatic rings. The minimum atomic E-state index is -0.730. The molecule has 1 N–H and O–H groups in total. The Hall–Kier alpha value is -1.43. The number of nitro groups is 1. The molecule has 0 aliphatic carbocycles. The number of nitro benzene ring substituents is 1. The second kappa shape index (κ2) is 4.39. The summed E-state index contributed by atoms with van der Waals surface area (Å²) >= 11 is 3.05. The molecule has 0 saturated carbocycles. The van der Waals surface area contributed by atoms with Gasteiger partial charge < -0.3 is 5.11 Å². The van der Waals surface area contributed by atoms with Gasteiger partial charge in [-0.25, -0.2) is 0 Å². The Morgan fingerprint density at radius 3 is 2.67 bits per heavy atom. The highest BCUT2D eigenvalue weighted by Gasteiger charge is 2.21. The fourth-order valence-corrected chi connectivity index (χ4v) is 1.57. The zero-order chi connectivity index (χ0) is 11.6. The standard InChI is InChI=1S/C9H8BrNO4/c1-2-8(12)6-3-5(10)4-7(9(6)13)11(14)15/h3-4,13H,2H2,1H3. The van der Waals surface area contributed by atoms with E-state index in [1.807, 2.05) is 0 Å². The molecule has 5 nitrogen and oxygen atoms in total. The first kappa shape index (κ1) is 11.6. The van der Waals surface area contributed by atoms with Crippen LogP contribution in [0.4, 0.5) is 5.69 Å². The van der Waals surface area contributed by atoms with Crippen LogP contribution >= 0.6 is 15.9 Å². The summed E-state index contributed by atoms with van der Waals surface area (Å²) in [5, 5.41) is 20.1. The summed E-state index contributed by atoms with van der Waals surface area (Å²) < 4.78 is 0.392. The van der Waals surface area contributed by atoms with Crippen LogP contribution in [0.1, 0.15) is 23.7 Å². The molecule has 0 saturated heterocycles. The number of ketones is 1. The number of nitrogens with zero attached hydrogens (tertiary/aromatic N) is 1. The van der Waals surface area contributed by atoms with Crippen LogP contribution in [0.25, 0.3) is 0 Å². The highest BCUT2D eigenvalue weighted by Crippen LogP contribution is 2.33. The first-order valence-corrected chi connectivity index (χ1v) is 4.96. The third kappa shape index (κ3) is 2.33. The zero-order valence-electron chi connectivity index (χ0n) is 7.86. The number of carbonyl (C=O) groups is 1. The number of benzene rings is 1. The Balaban J connectivity index is 3.41. The molecule has 6 heteroatoms. The maximum Gasteiger partial charge on any atom is 0.312 e. The Morgan fingerprint density at radius 2 is 2.20 bits per heavy atom. The van der Waals surface area contributed by atoms with Crippen molar-refractivity contribution in [2.75, 3.05) is 0 Å². The predicted molar refractivity (Wildman–Crippen MR) is 57.1 cm³/mol. The van der Waals surface area contributed by atoms with Crippen molar-refractivity contribution in [3.63, 3.8) is 0 Å². The van der Waals surface area contributed by atoms with E-state index in [9.17, 15) is 20.0 Å². The van der Waals surface area contributed by atoms with Crippen molar-refractivity contribution in [1.29, 1.82) is 0 Å². The van der Waals surface area contributed by atoms with Gasteiger partial charge in [0.15, 0.2) is 5.78 Å². The van der Waals surface area contributed by atoms with Gasteiger partial charge in [-0.15, -0.1) is 0 Å². The van der Waals surface area contributed by atoms with Crippen LogP contribution in [0.2, 0.25) is 0 Å². The summed E-state index contributed by atoms with van der Waals surface area (Å²) in [6.07, 6.45) is 0.182. The van der Waals surface area contributed by atoms with Gasteiger partial charge in [-0.2, -0.15) is 0 Å². The van der Waals surface area contributed by atoms with Crippen LogP contribution in [0.15, 0.2) is 16.6 Å². The van der Waals surface area contributed by atoms with Gasteiger partial charge in [-0.05, 0) is 6.07 Å². The van der Waals surface area contributed by atoms with Crippen LogP contribution in [-0.4, -0.2) is 15.8 Å². The topological polar surface area (TPSA) is 80.4 Å². The second-order valence-electron chi connectivity index (χ2n) is 2.85. The van der Waals surface area contributed by atoms with E-state index in [0.717, 1.165) is 6.07 Å². The van der Waals surface area contributed by atoms with Gasteiger partial charge in [0.2, 0.25) is 5.75 Å². The average molecular weight is 274 g/mol. The lowest BCUT2D eigenvalue weighted by atomic mass is 10.1. The van der Waals surface area contributed by atoms with Crippen molar-refractivity contribution in [3.8, 4) is 5.75 Å². The van der Waals surface area contributed by atoms with E-state index in [1.54, 1.807) is 6.92 Å². The van der Waals surface area contributed by atoms with E-state index in [-0.39, 0.29) is 17.8 Å². The molecule has 1 aromatic rings. The van der Waals surface area contributed by atoms with Crippen LogP contribution in [0.3, 0.4) is 0 Å². The maximum atomic E-state index is 11.4. The third-order valence-corrected chi connectivity index (χ3v) is 2.33. The van der Waals surface area contributed by atoms with Gasteiger partial charge >= 0.3 is 5.69 Å². The Bertz CT molecular complexity index is 430. The van der Waals surface area contributed by atoms with E-state index >= 15 is 0 Å². The maximum absolute atomic E-state index is 11.4. The lowest BCUT2D eigenvalue weighted by Crippen LogP contribution is -2.00. The number of phenols is 1. The fraction of sp³-hybridized carbons (Fsp3) is 0.222. The minimum Gasteiger partial charge on any atom is -0.502 e. The van der Waals surface area contributed by atoms with E-state index in [0.29, 0.717) is 4.47 Å². The molecule has 0 bridgehead atoms. The van der Waals surface area contributed by atoms with Gasteiger partial charge in [0.25, 0.3) is 0 Å². The van der Waals surface area contributed by atoms with Crippen LogP contribution < -0.4 is 0 Å². The molecule has 0 atom stereocenters. The third-order valence-electron chi connectivity index (χ3n) is 1.87. The van der Waals surface area contributed by atoms with Gasteiger partial charge in [-0.1, -0.05) is 22.9 Å². The van der Waals surface area contributed by atoms with E-state index < -0.39 is 16.4 Å². The van der Waals surface area contributed by atoms with Gasteiger partial charge in [0, 0.05) is 17.0 Å². The van der Waals surface area contributed by atoms with Gasteiger partial charge in [-0.3, -0.25) is 14.9 Å². The molecule has 0 aromatic heterocycles. The van der Waals surface area contributed by atoms with E-state index in [1.165, 1.54) is 6.07 Å². The molecule has 0 spiro atoms. The molecular formula is C9H8BrNO4. The molecule has 80 valence electrons. The smallest absolute Gasteiger partial charge is 0.312 e. The first-order chi connectivity index (χ1) is 6.97. The Morgan fingerprint density at radius 1 is 1.60 bits per heavy atom. The van der Waals surface area contributed by atoms with Crippen molar-refractivity contribution in [2.24, 2.45) is 0 Å². The van der Waals surface area contributed by atoms with Crippen molar-refractivity contribution in [2.45, 2.75) is 13.3 Å². The molecule has 1 rings (SSSR count). The molecule has 0 fully saturated rings. The molecule has 0 unspecified atom stereocenters. The van der Waals surface area contributed by atoms with Crippen molar-refractivity contribution in [3.05, 3.63) is 32.3 Å². The fourth-order valence-electron chi connectivity index (χ4n) is 1.13. The summed E-state index contributed by atoms with van der Waals surface area (Å²) in [5.41, 5.74) is -0.500. The summed E-state index contributed by atoms with van der Waals surface area (Å²) in [6, 6.07) is 2.52. The van der Waals surface area contributed by atoms with Crippen molar-refractivity contribution < 1.29 is 14.8 Å². The second-order valence-corrected chi connectivity index (χ2v) is 3.77. The van der Waals surface area contributed by atoms with Crippen LogP contribution in [-0.2, 0) is 0 Å². The van der Waals surface area contributed by atoms with Gasteiger partial charge in [0.1, 0.15) is 0 Å². The van der Waals surface area contributed by atoms with Crippen LogP contribution in [0.5, 0.6) is 5.75 Å². The zero-order valence-corrected chi connectivity index (χ0v) is 9.44. The molecule has 0 heterocycles. The molecule has 1 aromatic carbocycles. The number of hydrogen-bond acceptors (Lipinski definition) is 4.